The molecule has 0 bridgehead atoms. The maximum atomic E-state index is 11.8. The van der Waals surface area contributed by atoms with Gasteiger partial charge in [-0.3, -0.25) is 9.59 Å². The first-order valence-electron chi connectivity index (χ1n) is 5.83. The van der Waals surface area contributed by atoms with Crippen molar-refractivity contribution in [3.63, 3.8) is 0 Å². The van der Waals surface area contributed by atoms with E-state index in [1.54, 1.807) is 13.8 Å². The first-order chi connectivity index (χ1) is 8.02. The van der Waals surface area contributed by atoms with Gasteiger partial charge in [-0.2, -0.15) is 0 Å². The Hall–Kier alpha value is -1.50. The summed E-state index contributed by atoms with van der Waals surface area (Å²) in [4.78, 5) is 23.6. The van der Waals surface area contributed by atoms with E-state index in [1.807, 2.05) is 6.92 Å². The van der Waals surface area contributed by atoms with Gasteiger partial charge in [-0.1, -0.05) is 6.92 Å². The zero-order valence-electron chi connectivity index (χ0n) is 11.0. The lowest BCUT2D eigenvalue weighted by molar-refractivity contribution is -0.170. The fraction of sp³-hybridized carbons (Fsp3) is 0.692. The van der Waals surface area contributed by atoms with Crippen molar-refractivity contribution in [3.8, 4) is 11.8 Å². The Morgan fingerprint density at radius 1 is 1.00 bits per heavy atom. The topological polar surface area (TPSA) is 52.6 Å². The van der Waals surface area contributed by atoms with E-state index in [0.717, 1.165) is 0 Å². The molecule has 0 atom stereocenters. The minimum atomic E-state index is -1.33. The minimum Gasteiger partial charge on any atom is -0.465 e. The molecule has 17 heavy (non-hydrogen) atoms. The maximum absolute atomic E-state index is 11.8. The molecule has 0 aromatic carbocycles. The average Bonchev–Trinajstić information content (AvgIpc) is 2.29. The largest absolute Gasteiger partial charge is 0.465 e. The molecule has 4 nitrogen and oxygen atoms in total. The zero-order valence-corrected chi connectivity index (χ0v) is 11.0. The molecule has 0 spiro atoms. The summed E-state index contributed by atoms with van der Waals surface area (Å²) >= 11 is 0. The van der Waals surface area contributed by atoms with Crippen molar-refractivity contribution in [2.24, 2.45) is 5.41 Å². The minimum absolute atomic E-state index is 0.124. The van der Waals surface area contributed by atoms with Gasteiger partial charge in [-0.05, 0) is 20.8 Å². The third kappa shape index (κ3) is 4.48. The van der Waals surface area contributed by atoms with Crippen molar-refractivity contribution in [2.45, 2.75) is 40.5 Å². The first-order valence-corrected chi connectivity index (χ1v) is 5.83. The molecule has 0 fully saturated rings. The summed E-state index contributed by atoms with van der Waals surface area (Å²) in [6.07, 6.45) is 0.806. The van der Waals surface area contributed by atoms with Crippen LogP contribution in [0.15, 0.2) is 0 Å². The molecule has 0 aliphatic heterocycles. The summed E-state index contributed by atoms with van der Waals surface area (Å²) in [5.41, 5.74) is -1.33. The van der Waals surface area contributed by atoms with Gasteiger partial charge in [0, 0.05) is 12.8 Å². The van der Waals surface area contributed by atoms with E-state index < -0.39 is 17.4 Å². The Balaban J connectivity index is 4.91. The molecular weight excluding hydrogens is 220 g/mol. The Labute approximate surface area is 103 Å². The highest BCUT2D eigenvalue weighted by molar-refractivity contribution is 5.99. The molecule has 0 heterocycles. The van der Waals surface area contributed by atoms with Crippen LogP contribution in [0, 0.1) is 17.3 Å². The van der Waals surface area contributed by atoms with Crippen molar-refractivity contribution < 1.29 is 19.1 Å². The second-order valence-electron chi connectivity index (χ2n) is 3.66. The number of rotatable bonds is 5. The Kier molecular flexibility index (Phi) is 7.04. The van der Waals surface area contributed by atoms with Gasteiger partial charge >= 0.3 is 11.9 Å². The fourth-order valence-corrected chi connectivity index (χ4v) is 1.17. The van der Waals surface area contributed by atoms with Gasteiger partial charge in [0.05, 0.1) is 13.2 Å². The predicted molar refractivity (Wildman–Crippen MR) is 64.1 cm³/mol. The highest BCUT2D eigenvalue weighted by Crippen LogP contribution is 2.25. The van der Waals surface area contributed by atoms with Gasteiger partial charge in [-0.15, -0.1) is 11.8 Å². The van der Waals surface area contributed by atoms with E-state index in [4.69, 9.17) is 9.47 Å². The van der Waals surface area contributed by atoms with Crippen LogP contribution in [0.5, 0.6) is 0 Å². The van der Waals surface area contributed by atoms with Crippen LogP contribution in [0.1, 0.15) is 40.5 Å². The highest BCUT2D eigenvalue weighted by atomic mass is 16.6. The van der Waals surface area contributed by atoms with E-state index in [-0.39, 0.29) is 19.6 Å². The second kappa shape index (κ2) is 7.72. The van der Waals surface area contributed by atoms with E-state index in [2.05, 4.69) is 11.8 Å². The van der Waals surface area contributed by atoms with Crippen LogP contribution < -0.4 is 0 Å². The average molecular weight is 240 g/mol. The smallest absolute Gasteiger partial charge is 0.324 e. The quantitative estimate of drug-likeness (QED) is 0.418. The van der Waals surface area contributed by atoms with Crippen molar-refractivity contribution in [1.82, 2.24) is 0 Å². The van der Waals surface area contributed by atoms with Crippen LogP contribution >= 0.6 is 0 Å². The summed E-state index contributed by atoms with van der Waals surface area (Å²) < 4.78 is 9.80. The highest BCUT2D eigenvalue weighted by Gasteiger charge is 2.43. The zero-order chi connectivity index (χ0) is 13.3. The molecule has 0 aliphatic carbocycles. The van der Waals surface area contributed by atoms with Crippen molar-refractivity contribution >= 4 is 11.9 Å². The molecule has 0 saturated carbocycles. The van der Waals surface area contributed by atoms with Crippen LogP contribution in [-0.2, 0) is 19.1 Å². The third-order valence-electron chi connectivity index (χ3n) is 2.20. The summed E-state index contributed by atoms with van der Waals surface area (Å²) in [6, 6.07) is 0. The Morgan fingerprint density at radius 2 is 1.47 bits per heavy atom. The maximum Gasteiger partial charge on any atom is 0.324 e. The SMILES string of the molecule is CCC#CCC(C)(C(=O)OCC)C(=O)OCC. The predicted octanol–water partition coefficient (Wildman–Crippen LogP) is 1.92. The molecule has 0 N–H and O–H groups in total. The van der Waals surface area contributed by atoms with Gasteiger partial charge in [0.1, 0.15) is 0 Å². The number of hydrogen-bond acceptors (Lipinski definition) is 4. The molecule has 0 unspecified atom stereocenters. The number of carbonyl (C=O) groups excluding carboxylic acids is 2. The van der Waals surface area contributed by atoms with Crippen LogP contribution in [0.2, 0.25) is 0 Å². The fourth-order valence-electron chi connectivity index (χ4n) is 1.17. The van der Waals surface area contributed by atoms with Gasteiger partial charge in [0.15, 0.2) is 5.41 Å². The number of ether oxygens (including phenoxy) is 2. The van der Waals surface area contributed by atoms with Gasteiger partial charge in [0.25, 0.3) is 0 Å². The molecule has 4 heteroatoms. The Bertz CT molecular complexity index is 304. The molecular formula is C13H20O4. The van der Waals surface area contributed by atoms with Gasteiger partial charge in [-0.25, -0.2) is 0 Å². The second-order valence-corrected chi connectivity index (χ2v) is 3.66. The summed E-state index contributed by atoms with van der Waals surface area (Å²) in [5, 5.41) is 0. The van der Waals surface area contributed by atoms with Crippen molar-refractivity contribution in [3.05, 3.63) is 0 Å². The van der Waals surface area contributed by atoms with Crippen molar-refractivity contribution in [2.75, 3.05) is 13.2 Å². The van der Waals surface area contributed by atoms with Crippen LogP contribution in [-0.4, -0.2) is 25.2 Å². The molecule has 0 rings (SSSR count). The summed E-state index contributed by atoms with van der Waals surface area (Å²) in [7, 11) is 0. The molecule has 0 aliphatic rings. The van der Waals surface area contributed by atoms with Crippen LogP contribution in [0.4, 0.5) is 0 Å². The molecule has 0 radical (unpaired) electrons. The molecule has 96 valence electrons. The van der Waals surface area contributed by atoms with E-state index in [1.165, 1.54) is 6.92 Å². The van der Waals surface area contributed by atoms with Gasteiger partial charge < -0.3 is 9.47 Å². The lowest BCUT2D eigenvalue weighted by atomic mass is 9.87. The number of carbonyl (C=O) groups is 2. The lowest BCUT2D eigenvalue weighted by Gasteiger charge is -2.22. The van der Waals surface area contributed by atoms with Crippen LogP contribution in [0.25, 0.3) is 0 Å². The molecule has 0 amide bonds. The molecule has 0 aromatic rings. The van der Waals surface area contributed by atoms with Gasteiger partial charge in [0.2, 0.25) is 0 Å². The third-order valence-corrected chi connectivity index (χ3v) is 2.20. The molecule has 0 aromatic heterocycles. The summed E-state index contributed by atoms with van der Waals surface area (Å²) in [6.45, 7) is 7.26. The monoisotopic (exact) mass is 240 g/mol. The molecule has 0 saturated heterocycles. The summed E-state index contributed by atoms with van der Waals surface area (Å²) in [5.74, 6) is 4.48. The first kappa shape index (κ1) is 15.5. The van der Waals surface area contributed by atoms with E-state index >= 15 is 0 Å². The number of esters is 2. The lowest BCUT2D eigenvalue weighted by Crippen LogP contribution is -2.39. The standard InChI is InChI=1S/C13H20O4/c1-5-8-9-10-13(4,11(14)16-6-2)12(15)17-7-3/h5-7,10H2,1-4H3. The van der Waals surface area contributed by atoms with E-state index in [0.29, 0.717) is 6.42 Å². The van der Waals surface area contributed by atoms with Crippen LogP contribution in [0.3, 0.4) is 0 Å². The number of hydrogen-bond donors (Lipinski definition) is 0. The Morgan fingerprint density at radius 3 is 1.82 bits per heavy atom. The van der Waals surface area contributed by atoms with E-state index in [9.17, 15) is 9.59 Å². The normalized spacial score (nSPS) is 10.1. The van der Waals surface area contributed by atoms with Crippen molar-refractivity contribution in [1.29, 1.82) is 0 Å².